The van der Waals surface area contributed by atoms with E-state index in [4.69, 9.17) is 18.6 Å². The molecule has 1 unspecified atom stereocenters. The Labute approximate surface area is 185 Å². The number of nitrogens with zero attached hydrogens (tertiary/aromatic N) is 2. The van der Waals surface area contributed by atoms with Crippen LogP contribution >= 0.6 is 0 Å². The van der Waals surface area contributed by atoms with Gasteiger partial charge in [-0.3, -0.25) is 9.59 Å². The first kappa shape index (κ1) is 21.7. The lowest BCUT2D eigenvalue weighted by molar-refractivity contribution is 0.0715. The van der Waals surface area contributed by atoms with E-state index in [-0.39, 0.29) is 17.1 Å². The van der Waals surface area contributed by atoms with E-state index in [0.717, 1.165) is 0 Å². The minimum Gasteiger partial charge on any atom is -0.497 e. The molecule has 1 atom stereocenters. The molecule has 0 N–H and O–H groups in total. The van der Waals surface area contributed by atoms with Gasteiger partial charge in [-0.15, -0.1) is 0 Å². The Morgan fingerprint density at radius 2 is 1.81 bits per heavy atom. The number of methoxy groups -OCH3 is 3. The van der Waals surface area contributed by atoms with Gasteiger partial charge in [-0.25, -0.2) is 0 Å². The summed E-state index contributed by atoms with van der Waals surface area (Å²) in [6.07, 6.45) is 0. The van der Waals surface area contributed by atoms with Crippen molar-refractivity contribution in [3.8, 4) is 17.2 Å². The van der Waals surface area contributed by atoms with Gasteiger partial charge < -0.3 is 28.4 Å². The summed E-state index contributed by atoms with van der Waals surface area (Å²) in [5, 5.41) is 0.388. The molecule has 0 fully saturated rings. The Balaban J connectivity index is 1.99. The molecule has 3 aromatic rings. The molecule has 0 saturated carbocycles. The number of para-hydroxylation sites is 1. The topological polar surface area (TPSA) is 81.5 Å². The van der Waals surface area contributed by atoms with Crippen molar-refractivity contribution in [3.05, 3.63) is 63.5 Å². The van der Waals surface area contributed by atoms with Crippen LogP contribution in [0.1, 0.15) is 27.7 Å². The predicted molar refractivity (Wildman–Crippen MR) is 120 cm³/mol. The van der Waals surface area contributed by atoms with Crippen molar-refractivity contribution in [1.29, 1.82) is 0 Å². The lowest BCUT2D eigenvalue weighted by atomic mass is 9.97. The van der Waals surface area contributed by atoms with Crippen LogP contribution in [0, 0.1) is 0 Å². The average molecular weight is 438 g/mol. The van der Waals surface area contributed by atoms with Crippen LogP contribution in [0.2, 0.25) is 0 Å². The Bertz CT molecular complexity index is 1230. The summed E-state index contributed by atoms with van der Waals surface area (Å²) < 4.78 is 22.3. The highest BCUT2D eigenvalue weighted by Gasteiger charge is 2.44. The quantitative estimate of drug-likeness (QED) is 0.561. The molecule has 168 valence electrons. The van der Waals surface area contributed by atoms with Crippen molar-refractivity contribution in [2.75, 3.05) is 48.5 Å². The fraction of sp³-hybridized carbons (Fsp3) is 0.333. The van der Waals surface area contributed by atoms with Gasteiger partial charge in [-0.1, -0.05) is 12.1 Å². The fourth-order valence-corrected chi connectivity index (χ4v) is 4.11. The van der Waals surface area contributed by atoms with Crippen molar-refractivity contribution in [3.63, 3.8) is 0 Å². The highest BCUT2D eigenvalue weighted by atomic mass is 16.5. The number of carbonyl (C=O) groups excluding carboxylic acids is 1. The third kappa shape index (κ3) is 3.46. The van der Waals surface area contributed by atoms with E-state index < -0.39 is 6.04 Å². The van der Waals surface area contributed by atoms with E-state index in [1.807, 2.05) is 31.1 Å². The number of ether oxygens (including phenoxy) is 3. The highest BCUT2D eigenvalue weighted by molar-refractivity contribution is 5.99. The minimum absolute atomic E-state index is 0.0457. The summed E-state index contributed by atoms with van der Waals surface area (Å²) >= 11 is 0. The third-order valence-corrected chi connectivity index (χ3v) is 5.69. The van der Waals surface area contributed by atoms with E-state index in [9.17, 15) is 9.59 Å². The van der Waals surface area contributed by atoms with E-state index in [0.29, 0.717) is 52.4 Å². The molecule has 8 heteroatoms. The van der Waals surface area contributed by atoms with Crippen LogP contribution in [0.5, 0.6) is 17.2 Å². The smallest absolute Gasteiger partial charge is 0.290 e. The van der Waals surface area contributed by atoms with Crippen LogP contribution in [-0.2, 0) is 0 Å². The van der Waals surface area contributed by atoms with Crippen molar-refractivity contribution >= 4 is 16.9 Å². The second kappa shape index (κ2) is 8.55. The van der Waals surface area contributed by atoms with Gasteiger partial charge in [0, 0.05) is 24.7 Å². The second-order valence-corrected chi connectivity index (χ2v) is 7.82. The summed E-state index contributed by atoms with van der Waals surface area (Å²) in [4.78, 5) is 30.7. The number of amides is 1. The molecule has 1 amide bonds. The van der Waals surface area contributed by atoms with E-state index in [2.05, 4.69) is 0 Å². The number of rotatable bonds is 7. The van der Waals surface area contributed by atoms with Crippen LogP contribution in [-0.4, -0.2) is 64.2 Å². The first-order chi connectivity index (χ1) is 15.4. The predicted octanol–water partition coefficient (Wildman–Crippen LogP) is 2.93. The zero-order chi connectivity index (χ0) is 23.0. The molecule has 2 heterocycles. The maximum absolute atomic E-state index is 13.6. The van der Waals surface area contributed by atoms with E-state index in [1.165, 1.54) is 7.11 Å². The van der Waals surface area contributed by atoms with Gasteiger partial charge in [0.15, 0.2) is 16.9 Å². The molecular weight excluding hydrogens is 412 g/mol. The standard InChI is InChI=1S/C24H26N2O6/c1-25(2)11-12-26-20(16-7-6-8-17(30-4)22(16)31-5)19-21(27)15-10-9-14(29-3)13-18(15)32-23(19)24(26)28/h6-10,13,20H,11-12H2,1-5H3. The Morgan fingerprint density at radius 1 is 1.03 bits per heavy atom. The van der Waals surface area contributed by atoms with Gasteiger partial charge in [-0.05, 0) is 32.3 Å². The zero-order valence-electron chi connectivity index (χ0n) is 18.8. The molecule has 0 radical (unpaired) electrons. The summed E-state index contributed by atoms with van der Waals surface area (Å²) in [6, 6.07) is 9.75. The summed E-state index contributed by atoms with van der Waals surface area (Å²) in [6.45, 7) is 1.02. The Kier molecular flexibility index (Phi) is 5.80. The Hall–Kier alpha value is -3.52. The summed E-state index contributed by atoms with van der Waals surface area (Å²) in [5.41, 5.74) is 1.03. The molecule has 1 aliphatic rings. The van der Waals surface area contributed by atoms with Gasteiger partial charge in [0.2, 0.25) is 5.76 Å². The molecule has 0 spiro atoms. The number of hydrogen-bond donors (Lipinski definition) is 0. The molecule has 4 rings (SSSR count). The first-order valence-corrected chi connectivity index (χ1v) is 10.2. The summed E-state index contributed by atoms with van der Waals surface area (Å²) in [7, 11) is 8.48. The zero-order valence-corrected chi connectivity index (χ0v) is 18.8. The third-order valence-electron chi connectivity index (χ3n) is 5.69. The van der Waals surface area contributed by atoms with Crippen LogP contribution in [0.4, 0.5) is 0 Å². The second-order valence-electron chi connectivity index (χ2n) is 7.82. The van der Waals surface area contributed by atoms with Crippen molar-refractivity contribution < 1.29 is 23.4 Å². The Morgan fingerprint density at radius 3 is 2.47 bits per heavy atom. The molecule has 0 aliphatic carbocycles. The first-order valence-electron chi connectivity index (χ1n) is 10.2. The lowest BCUT2D eigenvalue weighted by Crippen LogP contribution is -2.35. The molecule has 32 heavy (non-hydrogen) atoms. The molecule has 8 nitrogen and oxygen atoms in total. The normalized spacial score (nSPS) is 15.4. The number of hydrogen-bond acceptors (Lipinski definition) is 7. The molecule has 0 bridgehead atoms. The van der Waals surface area contributed by atoms with Crippen molar-refractivity contribution in [2.24, 2.45) is 0 Å². The molecular formula is C24H26N2O6. The molecule has 1 aliphatic heterocycles. The number of carbonyl (C=O) groups is 1. The minimum atomic E-state index is -0.662. The SMILES string of the molecule is COc1ccc2c(=O)c3c(oc2c1)C(=O)N(CCN(C)C)C3c1cccc(OC)c1OC. The largest absolute Gasteiger partial charge is 0.497 e. The molecule has 1 aromatic heterocycles. The fourth-order valence-electron chi connectivity index (χ4n) is 4.11. The summed E-state index contributed by atoms with van der Waals surface area (Å²) in [5.74, 6) is 1.25. The average Bonchev–Trinajstić information content (AvgIpc) is 3.08. The van der Waals surface area contributed by atoms with Gasteiger partial charge in [-0.2, -0.15) is 0 Å². The molecule has 0 saturated heterocycles. The highest BCUT2D eigenvalue weighted by Crippen LogP contribution is 2.44. The maximum Gasteiger partial charge on any atom is 0.290 e. The number of likely N-dealkylation sites (N-methyl/N-ethyl adjacent to an activating group) is 1. The van der Waals surface area contributed by atoms with Gasteiger partial charge >= 0.3 is 0 Å². The van der Waals surface area contributed by atoms with Crippen LogP contribution < -0.4 is 19.6 Å². The maximum atomic E-state index is 13.6. The van der Waals surface area contributed by atoms with Crippen LogP contribution in [0.15, 0.2) is 45.6 Å². The van der Waals surface area contributed by atoms with Gasteiger partial charge in [0.05, 0.1) is 38.3 Å². The van der Waals surface area contributed by atoms with Crippen LogP contribution in [0.3, 0.4) is 0 Å². The van der Waals surface area contributed by atoms with E-state index >= 15 is 0 Å². The van der Waals surface area contributed by atoms with E-state index in [1.54, 1.807) is 43.4 Å². The van der Waals surface area contributed by atoms with Crippen molar-refractivity contribution in [1.82, 2.24) is 9.80 Å². The van der Waals surface area contributed by atoms with Crippen molar-refractivity contribution in [2.45, 2.75) is 6.04 Å². The monoisotopic (exact) mass is 438 g/mol. The molecule has 2 aromatic carbocycles. The number of fused-ring (bicyclic) bond motifs is 2. The van der Waals surface area contributed by atoms with Gasteiger partial charge in [0.25, 0.3) is 5.91 Å². The number of benzene rings is 2. The van der Waals surface area contributed by atoms with Gasteiger partial charge in [0.1, 0.15) is 11.3 Å². The lowest BCUT2D eigenvalue weighted by Gasteiger charge is -2.28. The van der Waals surface area contributed by atoms with Crippen LogP contribution in [0.25, 0.3) is 11.0 Å².